The summed E-state index contributed by atoms with van der Waals surface area (Å²) in [5.41, 5.74) is 4.57. The third-order valence-corrected chi connectivity index (χ3v) is 4.18. The molecule has 1 aliphatic rings. The van der Waals surface area contributed by atoms with Crippen LogP contribution in [-0.4, -0.2) is 37.6 Å². The highest BCUT2D eigenvalue weighted by Crippen LogP contribution is 2.20. The third-order valence-electron chi connectivity index (χ3n) is 4.18. The van der Waals surface area contributed by atoms with E-state index in [2.05, 4.69) is 49.2 Å². The molecule has 0 spiro atoms. The van der Waals surface area contributed by atoms with Crippen molar-refractivity contribution in [3.63, 3.8) is 0 Å². The maximum absolute atomic E-state index is 3.42. The number of aryl methyl sites for hydroxylation is 1. The maximum Gasteiger partial charge on any atom is 0.0108 e. The van der Waals surface area contributed by atoms with Gasteiger partial charge in [-0.3, -0.25) is 0 Å². The number of piperazine rings is 1. The Morgan fingerprint density at radius 2 is 1.89 bits per heavy atom. The van der Waals surface area contributed by atoms with Gasteiger partial charge in [-0.15, -0.1) is 0 Å². The van der Waals surface area contributed by atoms with Gasteiger partial charge in [0.25, 0.3) is 0 Å². The van der Waals surface area contributed by atoms with Gasteiger partial charge in [-0.1, -0.05) is 39.0 Å². The van der Waals surface area contributed by atoms with Crippen LogP contribution in [0.1, 0.15) is 43.4 Å². The van der Waals surface area contributed by atoms with E-state index in [-0.39, 0.29) is 0 Å². The zero-order valence-corrected chi connectivity index (χ0v) is 12.7. The summed E-state index contributed by atoms with van der Waals surface area (Å²) in [5, 5.41) is 3.42. The molecule has 0 unspecified atom stereocenters. The normalized spacial score (nSPS) is 17.1. The first-order valence-electron chi connectivity index (χ1n) is 7.75. The van der Waals surface area contributed by atoms with Gasteiger partial charge in [-0.2, -0.15) is 0 Å². The number of rotatable bonds is 5. The second-order valence-corrected chi connectivity index (χ2v) is 5.88. The fourth-order valence-corrected chi connectivity index (χ4v) is 2.80. The van der Waals surface area contributed by atoms with Gasteiger partial charge in [-0.05, 0) is 35.4 Å². The number of nitrogens with zero attached hydrogens (tertiary/aromatic N) is 1. The summed E-state index contributed by atoms with van der Waals surface area (Å²) in [7, 11) is 0. The highest BCUT2D eigenvalue weighted by atomic mass is 15.2. The first kappa shape index (κ1) is 14.5. The first-order valence-corrected chi connectivity index (χ1v) is 7.75. The lowest BCUT2D eigenvalue weighted by Gasteiger charge is -2.27. The minimum atomic E-state index is 0.629. The van der Waals surface area contributed by atoms with Gasteiger partial charge in [-0.25, -0.2) is 0 Å². The van der Waals surface area contributed by atoms with Crippen molar-refractivity contribution in [3.05, 3.63) is 34.9 Å². The second kappa shape index (κ2) is 7.06. The lowest BCUT2D eigenvalue weighted by Crippen LogP contribution is -2.44. The van der Waals surface area contributed by atoms with Crippen LogP contribution in [0.15, 0.2) is 18.2 Å². The van der Waals surface area contributed by atoms with Crippen LogP contribution in [0, 0.1) is 0 Å². The second-order valence-electron chi connectivity index (χ2n) is 5.88. The minimum absolute atomic E-state index is 0.629. The van der Waals surface area contributed by atoms with Crippen molar-refractivity contribution in [3.8, 4) is 0 Å². The molecule has 2 rings (SSSR count). The summed E-state index contributed by atoms with van der Waals surface area (Å²) in [4.78, 5) is 2.58. The molecule has 2 nitrogen and oxygen atoms in total. The summed E-state index contributed by atoms with van der Waals surface area (Å²) in [6.45, 7) is 12.7. The molecule has 19 heavy (non-hydrogen) atoms. The summed E-state index contributed by atoms with van der Waals surface area (Å²) < 4.78 is 0. The molecule has 0 bridgehead atoms. The fraction of sp³-hybridized carbons (Fsp3) is 0.647. The Morgan fingerprint density at radius 1 is 1.16 bits per heavy atom. The van der Waals surface area contributed by atoms with Gasteiger partial charge in [0, 0.05) is 32.7 Å². The molecule has 0 aromatic heterocycles. The van der Waals surface area contributed by atoms with Gasteiger partial charge in [0.05, 0.1) is 0 Å². The molecule has 1 heterocycles. The minimum Gasteiger partial charge on any atom is -0.314 e. The number of hydrogen-bond acceptors (Lipinski definition) is 2. The SMILES string of the molecule is CCc1ccc(C(C)C)cc1CCN1CCNCC1. The van der Waals surface area contributed by atoms with E-state index in [1.165, 1.54) is 37.2 Å². The van der Waals surface area contributed by atoms with Crippen LogP contribution in [0.25, 0.3) is 0 Å². The van der Waals surface area contributed by atoms with Crippen molar-refractivity contribution in [1.82, 2.24) is 10.2 Å². The quantitative estimate of drug-likeness (QED) is 0.876. The molecule has 0 saturated carbocycles. The van der Waals surface area contributed by atoms with Crippen LogP contribution in [-0.2, 0) is 12.8 Å². The molecule has 0 radical (unpaired) electrons. The number of benzene rings is 1. The summed E-state index contributed by atoms with van der Waals surface area (Å²) in [6, 6.07) is 7.08. The van der Waals surface area contributed by atoms with Crippen molar-refractivity contribution in [1.29, 1.82) is 0 Å². The Hall–Kier alpha value is -0.860. The molecule has 0 aliphatic carbocycles. The Morgan fingerprint density at radius 3 is 2.53 bits per heavy atom. The van der Waals surface area contributed by atoms with Crippen LogP contribution in [0.5, 0.6) is 0 Å². The molecule has 2 heteroatoms. The number of hydrogen-bond donors (Lipinski definition) is 1. The summed E-state index contributed by atoms with van der Waals surface area (Å²) in [6.07, 6.45) is 2.35. The van der Waals surface area contributed by atoms with Crippen LogP contribution < -0.4 is 5.32 Å². The van der Waals surface area contributed by atoms with E-state index in [1.54, 1.807) is 5.56 Å². The van der Waals surface area contributed by atoms with Crippen LogP contribution in [0.4, 0.5) is 0 Å². The Bertz CT molecular complexity index is 392. The summed E-state index contributed by atoms with van der Waals surface area (Å²) in [5.74, 6) is 0.629. The zero-order chi connectivity index (χ0) is 13.7. The topological polar surface area (TPSA) is 15.3 Å². The van der Waals surface area contributed by atoms with Crippen LogP contribution in [0.2, 0.25) is 0 Å². The van der Waals surface area contributed by atoms with Gasteiger partial charge >= 0.3 is 0 Å². The lowest BCUT2D eigenvalue weighted by molar-refractivity contribution is 0.243. The first-order chi connectivity index (χ1) is 9.20. The molecular weight excluding hydrogens is 232 g/mol. The van der Waals surface area contributed by atoms with E-state index < -0.39 is 0 Å². The van der Waals surface area contributed by atoms with Gasteiger partial charge < -0.3 is 10.2 Å². The van der Waals surface area contributed by atoms with Crippen molar-refractivity contribution in [2.24, 2.45) is 0 Å². The standard InChI is InChI=1S/C17H28N2/c1-4-15-5-6-16(14(2)3)13-17(15)7-10-19-11-8-18-9-12-19/h5-6,13-14,18H,4,7-12H2,1-3H3. The van der Waals surface area contributed by atoms with E-state index in [0.717, 1.165) is 19.5 Å². The molecule has 1 aliphatic heterocycles. The average molecular weight is 260 g/mol. The molecule has 1 aromatic rings. The predicted molar refractivity (Wildman–Crippen MR) is 82.9 cm³/mol. The molecule has 106 valence electrons. The van der Waals surface area contributed by atoms with Crippen LogP contribution in [0.3, 0.4) is 0 Å². The summed E-state index contributed by atoms with van der Waals surface area (Å²) >= 11 is 0. The molecule has 0 amide bonds. The van der Waals surface area contributed by atoms with Gasteiger partial charge in [0.15, 0.2) is 0 Å². The van der Waals surface area contributed by atoms with Gasteiger partial charge in [0.1, 0.15) is 0 Å². The van der Waals surface area contributed by atoms with Crippen molar-refractivity contribution < 1.29 is 0 Å². The molecule has 0 atom stereocenters. The third kappa shape index (κ3) is 4.05. The largest absolute Gasteiger partial charge is 0.314 e. The molecule has 1 aromatic carbocycles. The Balaban J connectivity index is 2.02. The lowest BCUT2D eigenvalue weighted by atomic mass is 9.94. The highest BCUT2D eigenvalue weighted by molar-refractivity contribution is 5.33. The van der Waals surface area contributed by atoms with E-state index in [1.807, 2.05) is 0 Å². The maximum atomic E-state index is 3.42. The predicted octanol–water partition coefficient (Wildman–Crippen LogP) is 2.82. The Kier molecular flexibility index (Phi) is 5.41. The monoisotopic (exact) mass is 260 g/mol. The van der Waals surface area contributed by atoms with E-state index in [4.69, 9.17) is 0 Å². The fourth-order valence-electron chi connectivity index (χ4n) is 2.80. The van der Waals surface area contributed by atoms with E-state index in [0.29, 0.717) is 5.92 Å². The zero-order valence-electron chi connectivity index (χ0n) is 12.7. The molecule has 1 fully saturated rings. The smallest absolute Gasteiger partial charge is 0.0108 e. The Labute approximate surface area is 118 Å². The van der Waals surface area contributed by atoms with Crippen molar-refractivity contribution >= 4 is 0 Å². The van der Waals surface area contributed by atoms with Crippen molar-refractivity contribution in [2.45, 2.75) is 39.5 Å². The average Bonchev–Trinajstić information content (AvgIpc) is 2.45. The molecule has 1 N–H and O–H groups in total. The van der Waals surface area contributed by atoms with Crippen LogP contribution >= 0.6 is 0 Å². The van der Waals surface area contributed by atoms with Gasteiger partial charge in [0.2, 0.25) is 0 Å². The van der Waals surface area contributed by atoms with E-state index in [9.17, 15) is 0 Å². The highest BCUT2D eigenvalue weighted by Gasteiger charge is 2.11. The molecular formula is C17H28N2. The van der Waals surface area contributed by atoms with Crippen molar-refractivity contribution in [2.75, 3.05) is 32.7 Å². The number of nitrogens with one attached hydrogen (secondary N) is 1. The molecule has 1 saturated heterocycles. The van der Waals surface area contributed by atoms with E-state index >= 15 is 0 Å².